The molecule has 0 bridgehead atoms. The second-order valence-electron chi connectivity index (χ2n) is 4.68. The molecule has 0 aliphatic heterocycles. The Balaban J connectivity index is 2.49. The molecule has 108 valence electrons. The van der Waals surface area contributed by atoms with E-state index in [4.69, 9.17) is 0 Å². The van der Waals surface area contributed by atoms with Crippen LogP contribution in [0.25, 0.3) is 0 Å². The second-order valence-corrected chi connectivity index (χ2v) is 6.60. The normalized spacial score (nSPS) is 12.6. The van der Waals surface area contributed by atoms with E-state index < -0.39 is 15.6 Å². The molecule has 0 aromatic carbocycles. The lowest BCUT2D eigenvalue weighted by atomic mass is 9.98. The molecule has 0 radical (unpaired) electrons. The summed E-state index contributed by atoms with van der Waals surface area (Å²) in [5.41, 5.74) is -0.0226. The molecule has 5 nitrogen and oxygen atoms in total. The van der Waals surface area contributed by atoms with Gasteiger partial charge in [-0.25, -0.2) is 13.1 Å². The monoisotopic (exact) mass is 286 g/mol. The number of nitrogens with one attached hydrogen (secondary N) is 1. The van der Waals surface area contributed by atoms with E-state index in [2.05, 4.69) is 9.71 Å². The Bertz CT molecular complexity index is 470. The molecule has 1 aromatic rings. The van der Waals surface area contributed by atoms with Gasteiger partial charge in [-0.05, 0) is 37.0 Å². The Labute approximate surface area is 115 Å². The molecule has 1 heterocycles. The van der Waals surface area contributed by atoms with E-state index in [9.17, 15) is 13.5 Å². The minimum atomic E-state index is -3.36. The summed E-state index contributed by atoms with van der Waals surface area (Å²) >= 11 is 0. The van der Waals surface area contributed by atoms with Crippen molar-refractivity contribution in [1.29, 1.82) is 0 Å². The van der Waals surface area contributed by atoms with Crippen LogP contribution in [-0.2, 0) is 16.4 Å². The van der Waals surface area contributed by atoms with Gasteiger partial charge in [0.1, 0.15) is 0 Å². The molecule has 0 saturated carbocycles. The Morgan fingerprint density at radius 2 is 1.84 bits per heavy atom. The van der Waals surface area contributed by atoms with Crippen molar-refractivity contribution in [3.63, 3.8) is 0 Å². The van der Waals surface area contributed by atoms with Gasteiger partial charge in [-0.1, -0.05) is 13.8 Å². The van der Waals surface area contributed by atoms with Crippen molar-refractivity contribution in [2.45, 2.75) is 38.7 Å². The minimum Gasteiger partial charge on any atom is -0.389 e. The van der Waals surface area contributed by atoms with Crippen molar-refractivity contribution in [3.8, 4) is 0 Å². The van der Waals surface area contributed by atoms with Crippen molar-refractivity contribution >= 4 is 10.0 Å². The minimum absolute atomic E-state index is 0.0144. The van der Waals surface area contributed by atoms with Crippen molar-refractivity contribution in [2.24, 2.45) is 0 Å². The van der Waals surface area contributed by atoms with Crippen LogP contribution < -0.4 is 4.72 Å². The van der Waals surface area contributed by atoms with Crippen LogP contribution in [0, 0.1) is 0 Å². The zero-order valence-electron chi connectivity index (χ0n) is 11.5. The molecule has 0 aliphatic carbocycles. The molecule has 0 spiro atoms. The number of aryl methyl sites for hydroxylation is 1. The fourth-order valence-corrected chi connectivity index (χ4v) is 2.76. The van der Waals surface area contributed by atoms with Crippen LogP contribution in [0.2, 0.25) is 0 Å². The zero-order chi connectivity index (χ0) is 14.4. The van der Waals surface area contributed by atoms with Gasteiger partial charge < -0.3 is 5.11 Å². The maximum atomic E-state index is 11.8. The fourth-order valence-electron chi connectivity index (χ4n) is 1.62. The lowest BCUT2D eigenvalue weighted by Crippen LogP contribution is -2.42. The van der Waals surface area contributed by atoms with Gasteiger partial charge in [0.2, 0.25) is 10.0 Å². The first-order valence-electron chi connectivity index (χ1n) is 6.49. The van der Waals surface area contributed by atoms with Gasteiger partial charge in [-0.2, -0.15) is 0 Å². The molecule has 6 heteroatoms. The van der Waals surface area contributed by atoms with Crippen LogP contribution in [0.5, 0.6) is 0 Å². The maximum Gasteiger partial charge on any atom is 0.212 e. The van der Waals surface area contributed by atoms with Gasteiger partial charge in [-0.3, -0.25) is 4.98 Å². The second kappa shape index (κ2) is 6.98. The molecule has 0 unspecified atom stereocenters. The van der Waals surface area contributed by atoms with Gasteiger partial charge in [0.15, 0.2) is 0 Å². The summed E-state index contributed by atoms with van der Waals surface area (Å²) in [6, 6.07) is 3.59. The summed E-state index contributed by atoms with van der Waals surface area (Å²) < 4.78 is 26.2. The summed E-state index contributed by atoms with van der Waals surface area (Å²) in [6.45, 7) is 3.75. The van der Waals surface area contributed by atoms with Crippen LogP contribution in [0.4, 0.5) is 0 Å². The molecular weight excluding hydrogens is 264 g/mol. The average Bonchev–Trinajstić information content (AvgIpc) is 2.44. The van der Waals surface area contributed by atoms with E-state index in [0.29, 0.717) is 19.3 Å². The van der Waals surface area contributed by atoms with Crippen molar-refractivity contribution in [3.05, 3.63) is 30.1 Å². The highest BCUT2D eigenvalue weighted by Gasteiger charge is 2.24. The van der Waals surface area contributed by atoms with Crippen molar-refractivity contribution < 1.29 is 13.5 Å². The largest absolute Gasteiger partial charge is 0.389 e. The van der Waals surface area contributed by atoms with Gasteiger partial charge in [0, 0.05) is 18.9 Å². The summed E-state index contributed by atoms with van der Waals surface area (Å²) in [5.74, 6) is 0.0144. The van der Waals surface area contributed by atoms with Gasteiger partial charge in [0.05, 0.1) is 11.4 Å². The van der Waals surface area contributed by atoms with Crippen LogP contribution in [0.1, 0.15) is 32.3 Å². The first kappa shape index (κ1) is 16.1. The van der Waals surface area contributed by atoms with E-state index in [0.717, 1.165) is 5.56 Å². The third-order valence-electron chi connectivity index (χ3n) is 3.35. The Morgan fingerprint density at radius 3 is 2.37 bits per heavy atom. The van der Waals surface area contributed by atoms with Crippen LogP contribution >= 0.6 is 0 Å². The van der Waals surface area contributed by atoms with Crippen LogP contribution in [-0.4, -0.2) is 36.4 Å². The molecule has 0 atom stereocenters. The molecule has 0 fully saturated rings. The lowest BCUT2D eigenvalue weighted by molar-refractivity contribution is 0.0377. The molecular formula is C13H22N2O3S. The summed E-state index contributed by atoms with van der Waals surface area (Å²) in [6.07, 6.45) is 4.77. The van der Waals surface area contributed by atoms with E-state index in [-0.39, 0.29) is 12.3 Å². The number of aromatic nitrogens is 1. The highest BCUT2D eigenvalue weighted by atomic mass is 32.2. The first-order valence-corrected chi connectivity index (χ1v) is 8.14. The number of sulfonamides is 1. The standard InChI is InChI=1S/C13H22N2O3S/c1-3-13(16,4-2)11-15-19(17,18)10-7-12-5-8-14-9-6-12/h5-6,8-9,15-16H,3-4,7,10-11H2,1-2H3. The van der Waals surface area contributed by atoms with Gasteiger partial charge in [-0.15, -0.1) is 0 Å². The lowest BCUT2D eigenvalue weighted by Gasteiger charge is -2.25. The van der Waals surface area contributed by atoms with Crippen LogP contribution in [0.15, 0.2) is 24.5 Å². The Hall–Kier alpha value is -0.980. The average molecular weight is 286 g/mol. The number of rotatable bonds is 8. The molecule has 1 rings (SSSR count). The predicted molar refractivity (Wildman–Crippen MR) is 75.3 cm³/mol. The Morgan fingerprint density at radius 1 is 1.26 bits per heavy atom. The predicted octanol–water partition coefficient (Wildman–Crippen LogP) is 1.09. The topological polar surface area (TPSA) is 79.3 Å². The summed E-state index contributed by atoms with van der Waals surface area (Å²) in [7, 11) is -3.36. The van der Waals surface area contributed by atoms with Crippen LogP contribution in [0.3, 0.4) is 0 Å². The molecule has 1 aromatic heterocycles. The molecule has 0 aliphatic rings. The molecule has 0 amide bonds. The molecule has 2 N–H and O–H groups in total. The number of aliphatic hydroxyl groups is 1. The van der Waals surface area contributed by atoms with E-state index in [1.165, 1.54) is 0 Å². The highest BCUT2D eigenvalue weighted by Crippen LogP contribution is 2.13. The summed E-state index contributed by atoms with van der Waals surface area (Å²) in [5, 5.41) is 10.0. The number of hydrogen-bond donors (Lipinski definition) is 2. The van der Waals surface area contributed by atoms with Gasteiger partial charge >= 0.3 is 0 Å². The number of hydrogen-bond acceptors (Lipinski definition) is 4. The van der Waals surface area contributed by atoms with E-state index in [1.807, 2.05) is 13.8 Å². The molecule has 0 saturated heterocycles. The van der Waals surface area contributed by atoms with E-state index >= 15 is 0 Å². The smallest absolute Gasteiger partial charge is 0.212 e. The molecule has 19 heavy (non-hydrogen) atoms. The SMILES string of the molecule is CCC(O)(CC)CNS(=O)(=O)CCc1ccncc1. The first-order chi connectivity index (χ1) is 8.91. The fraction of sp³-hybridized carbons (Fsp3) is 0.615. The van der Waals surface area contributed by atoms with E-state index in [1.54, 1.807) is 24.5 Å². The zero-order valence-corrected chi connectivity index (χ0v) is 12.3. The number of nitrogens with zero attached hydrogens (tertiary/aromatic N) is 1. The van der Waals surface area contributed by atoms with Crippen molar-refractivity contribution in [1.82, 2.24) is 9.71 Å². The quantitative estimate of drug-likeness (QED) is 0.750. The Kier molecular flexibility index (Phi) is 5.90. The third kappa shape index (κ3) is 5.67. The summed E-state index contributed by atoms with van der Waals surface area (Å²) in [4.78, 5) is 3.88. The van der Waals surface area contributed by atoms with Gasteiger partial charge in [0.25, 0.3) is 0 Å². The highest BCUT2D eigenvalue weighted by molar-refractivity contribution is 7.89. The number of pyridine rings is 1. The maximum absolute atomic E-state index is 11.8. The van der Waals surface area contributed by atoms with Crippen molar-refractivity contribution in [2.75, 3.05) is 12.3 Å². The third-order valence-corrected chi connectivity index (χ3v) is 4.67.